The van der Waals surface area contributed by atoms with Gasteiger partial charge in [0.15, 0.2) is 0 Å². The summed E-state index contributed by atoms with van der Waals surface area (Å²) in [4.78, 5) is 12.3. The van der Waals surface area contributed by atoms with E-state index in [1.54, 1.807) is 0 Å². The molecule has 3 heteroatoms. The van der Waals surface area contributed by atoms with Gasteiger partial charge in [-0.05, 0) is 67.6 Å². The van der Waals surface area contributed by atoms with Crippen LogP contribution in [0.3, 0.4) is 0 Å². The third-order valence-corrected chi connectivity index (χ3v) is 6.58. The molecule has 4 aliphatic rings. The molecule has 0 aromatic heterocycles. The van der Waals surface area contributed by atoms with Crippen LogP contribution in [0.4, 0.5) is 0 Å². The van der Waals surface area contributed by atoms with Crippen LogP contribution < -0.4 is 5.32 Å². The lowest BCUT2D eigenvalue weighted by atomic mass is 9.49. The van der Waals surface area contributed by atoms with Crippen molar-refractivity contribution in [2.75, 3.05) is 6.54 Å². The molecule has 1 atom stereocenters. The summed E-state index contributed by atoms with van der Waals surface area (Å²) in [6.45, 7) is 4.82. The van der Waals surface area contributed by atoms with Crippen LogP contribution in [-0.4, -0.2) is 17.8 Å². The van der Waals surface area contributed by atoms with Gasteiger partial charge in [-0.3, -0.25) is 4.79 Å². The van der Waals surface area contributed by atoms with Gasteiger partial charge in [0.2, 0.25) is 5.91 Å². The Kier molecular flexibility index (Phi) is 4.05. The zero-order chi connectivity index (χ0) is 14.3. The fraction of sp³-hybridized carbons (Fsp3) is 0.941. The predicted molar refractivity (Wildman–Crippen MR) is 82.7 cm³/mol. The highest BCUT2D eigenvalue weighted by molar-refractivity contribution is 6.21. The highest BCUT2D eigenvalue weighted by Crippen LogP contribution is 2.61. The molecule has 2 nitrogen and oxygen atoms in total. The molecule has 4 rings (SSSR count). The van der Waals surface area contributed by atoms with Crippen LogP contribution in [0.15, 0.2) is 0 Å². The van der Waals surface area contributed by atoms with E-state index in [0.717, 1.165) is 24.2 Å². The molecule has 20 heavy (non-hydrogen) atoms. The van der Waals surface area contributed by atoms with Crippen molar-refractivity contribution in [3.05, 3.63) is 0 Å². The van der Waals surface area contributed by atoms with Gasteiger partial charge >= 0.3 is 0 Å². The zero-order valence-electron chi connectivity index (χ0n) is 12.8. The monoisotopic (exact) mass is 297 g/mol. The molecule has 0 aliphatic heterocycles. The second-order valence-electron chi connectivity index (χ2n) is 8.16. The fourth-order valence-corrected chi connectivity index (χ4v) is 5.43. The van der Waals surface area contributed by atoms with Crippen molar-refractivity contribution in [1.82, 2.24) is 5.32 Å². The molecule has 0 saturated heterocycles. The van der Waals surface area contributed by atoms with Crippen molar-refractivity contribution < 1.29 is 4.79 Å². The zero-order valence-corrected chi connectivity index (χ0v) is 13.6. The average molecular weight is 298 g/mol. The molecule has 4 fully saturated rings. The maximum Gasteiger partial charge on any atom is 0.220 e. The largest absolute Gasteiger partial charge is 0.355 e. The van der Waals surface area contributed by atoms with Gasteiger partial charge in [0.1, 0.15) is 0 Å². The minimum Gasteiger partial charge on any atom is -0.355 e. The Morgan fingerprint density at radius 1 is 1.15 bits per heavy atom. The average Bonchev–Trinajstić information content (AvgIpc) is 2.33. The molecule has 0 heterocycles. The number of halogens is 1. The summed E-state index contributed by atoms with van der Waals surface area (Å²) in [6, 6.07) is 0. The molecule has 1 N–H and O–H groups in total. The number of nitrogens with one attached hydrogen (secondary N) is 1. The summed E-state index contributed by atoms with van der Waals surface area (Å²) in [5.74, 6) is 3.41. The van der Waals surface area contributed by atoms with E-state index >= 15 is 0 Å². The molecule has 0 spiro atoms. The summed E-state index contributed by atoms with van der Waals surface area (Å²) in [5, 5.41) is 3.12. The molecular weight excluding hydrogens is 270 g/mol. The summed E-state index contributed by atoms with van der Waals surface area (Å²) >= 11 is 6.22. The quantitative estimate of drug-likeness (QED) is 0.764. The molecule has 4 aliphatic carbocycles. The normalized spacial score (nSPS) is 40.1. The van der Waals surface area contributed by atoms with Crippen LogP contribution in [0.1, 0.15) is 58.8 Å². The van der Waals surface area contributed by atoms with E-state index in [-0.39, 0.29) is 11.3 Å². The summed E-state index contributed by atoms with van der Waals surface area (Å²) in [5.41, 5.74) is 0.346. The Labute approximate surface area is 128 Å². The number of carbonyl (C=O) groups excluding carboxylic acids is 1. The maximum atomic E-state index is 12.3. The third-order valence-electron chi connectivity index (χ3n) is 5.92. The third kappa shape index (κ3) is 3.00. The number of carbonyl (C=O) groups is 1. The molecular formula is C17H28ClNO. The highest BCUT2D eigenvalue weighted by Gasteiger charge is 2.51. The number of hydrogen-bond acceptors (Lipinski definition) is 1. The topological polar surface area (TPSA) is 29.1 Å². The van der Waals surface area contributed by atoms with Crippen LogP contribution in [0.25, 0.3) is 0 Å². The highest BCUT2D eigenvalue weighted by atomic mass is 35.5. The van der Waals surface area contributed by atoms with Crippen LogP contribution >= 0.6 is 11.6 Å². The Balaban J connectivity index is 1.54. The Bertz CT molecular complexity index is 344. The van der Waals surface area contributed by atoms with E-state index in [4.69, 9.17) is 11.6 Å². The number of alkyl halides is 1. The molecule has 0 radical (unpaired) electrons. The second-order valence-corrected chi connectivity index (χ2v) is 8.72. The number of rotatable bonds is 5. The number of amides is 1. The van der Waals surface area contributed by atoms with Gasteiger partial charge in [0, 0.05) is 13.0 Å². The van der Waals surface area contributed by atoms with Crippen molar-refractivity contribution in [1.29, 1.82) is 0 Å². The first-order valence-corrected chi connectivity index (χ1v) is 8.80. The Morgan fingerprint density at radius 3 is 2.10 bits per heavy atom. The molecule has 1 unspecified atom stereocenters. The molecule has 1 amide bonds. The van der Waals surface area contributed by atoms with E-state index in [2.05, 4.69) is 19.2 Å². The first kappa shape index (κ1) is 14.7. The van der Waals surface area contributed by atoms with Crippen LogP contribution in [-0.2, 0) is 4.79 Å². The van der Waals surface area contributed by atoms with E-state index < -0.39 is 0 Å². The number of hydrogen-bond donors (Lipinski definition) is 1. The lowest BCUT2D eigenvalue weighted by Gasteiger charge is -2.56. The fourth-order valence-electron chi connectivity index (χ4n) is 5.36. The molecule has 114 valence electrons. The van der Waals surface area contributed by atoms with Gasteiger partial charge in [-0.2, -0.15) is 0 Å². The molecule has 0 aromatic carbocycles. The van der Waals surface area contributed by atoms with Gasteiger partial charge in [0.05, 0.1) is 5.38 Å². The summed E-state index contributed by atoms with van der Waals surface area (Å²) in [6.07, 6.45) is 8.99. The Hall–Kier alpha value is -0.240. The smallest absolute Gasteiger partial charge is 0.220 e. The van der Waals surface area contributed by atoms with Gasteiger partial charge < -0.3 is 5.32 Å². The Morgan fingerprint density at radius 2 is 1.65 bits per heavy atom. The summed E-state index contributed by atoms with van der Waals surface area (Å²) in [7, 11) is 0. The van der Waals surface area contributed by atoms with Crippen LogP contribution in [0.2, 0.25) is 0 Å². The van der Waals surface area contributed by atoms with Gasteiger partial charge in [-0.25, -0.2) is 0 Å². The SMILES string of the molecule is CC(C)C(Cl)CNC(=O)CC12CC3CC(CC(C3)C1)C2. The van der Waals surface area contributed by atoms with Crippen LogP contribution in [0, 0.1) is 29.1 Å². The molecule has 4 saturated carbocycles. The van der Waals surface area contributed by atoms with E-state index in [1.807, 2.05) is 0 Å². The lowest BCUT2D eigenvalue weighted by Crippen LogP contribution is -2.48. The first-order chi connectivity index (χ1) is 9.46. The van der Waals surface area contributed by atoms with Crippen LogP contribution in [0.5, 0.6) is 0 Å². The van der Waals surface area contributed by atoms with Crippen molar-refractivity contribution in [2.24, 2.45) is 29.1 Å². The second kappa shape index (κ2) is 5.51. The van der Waals surface area contributed by atoms with E-state index in [1.165, 1.54) is 38.5 Å². The first-order valence-electron chi connectivity index (χ1n) is 8.36. The van der Waals surface area contributed by atoms with E-state index in [0.29, 0.717) is 17.9 Å². The molecule has 0 aromatic rings. The van der Waals surface area contributed by atoms with Crippen molar-refractivity contribution >= 4 is 17.5 Å². The van der Waals surface area contributed by atoms with Crippen molar-refractivity contribution in [2.45, 2.75) is 64.2 Å². The predicted octanol–water partition coefficient (Wildman–Crippen LogP) is 3.97. The van der Waals surface area contributed by atoms with Gasteiger partial charge in [-0.1, -0.05) is 13.8 Å². The summed E-state index contributed by atoms with van der Waals surface area (Å²) < 4.78 is 0. The van der Waals surface area contributed by atoms with Crippen molar-refractivity contribution in [3.63, 3.8) is 0 Å². The van der Waals surface area contributed by atoms with E-state index in [9.17, 15) is 4.79 Å². The standard InChI is InChI=1S/C17H28ClNO/c1-11(2)15(18)10-19-16(20)9-17-6-12-3-13(7-17)5-14(4-12)8-17/h11-15H,3-10H2,1-2H3,(H,19,20). The minimum absolute atomic E-state index is 0.0512. The molecule has 4 bridgehead atoms. The van der Waals surface area contributed by atoms with Gasteiger partial charge in [0.25, 0.3) is 0 Å². The maximum absolute atomic E-state index is 12.3. The van der Waals surface area contributed by atoms with Gasteiger partial charge in [-0.15, -0.1) is 11.6 Å². The minimum atomic E-state index is 0.0512. The lowest BCUT2D eigenvalue weighted by molar-refractivity contribution is -0.129. The van der Waals surface area contributed by atoms with Crippen molar-refractivity contribution in [3.8, 4) is 0 Å².